The zero-order valence-corrected chi connectivity index (χ0v) is 17.1. The molecule has 1 N–H and O–H groups in total. The van der Waals surface area contributed by atoms with Gasteiger partial charge in [-0.2, -0.15) is 0 Å². The van der Waals surface area contributed by atoms with Gasteiger partial charge in [-0.3, -0.25) is 4.90 Å². The number of rotatable bonds is 6. The second kappa shape index (κ2) is 8.63. The van der Waals surface area contributed by atoms with Crippen molar-refractivity contribution in [2.24, 2.45) is 0 Å². The molecule has 0 radical (unpaired) electrons. The highest BCUT2D eigenvalue weighted by atomic mass is 79.9. The molecule has 3 rings (SSSR count). The first-order chi connectivity index (χ1) is 12.4. The fraction of sp³-hybridized carbons (Fsp3) is 0.368. The van der Waals surface area contributed by atoms with Crippen molar-refractivity contribution in [1.82, 2.24) is 9.62 Å². The molecule has 0 aromatic heterocycles. The number of aryl methyl sites for hydroxylation is 1. The molecular formula is C19H23BrN2O3S. The molecule has 1 heterocycles. The molecule has 0 bridgehead atoms. The normalized spacial score (nSPS) is 18.8. The largest absolute Gasteiger partial charge is 0.374 e. The summed E-state index contributed by atoms with van der Waals surface area (Å²) in [4.78, 5) is 2.57. The van der Waals surface area contributed by atoms with Gasteiger partial charge < -0.3 is 4.74 Å². The van der Waals surface area contributed by atoms with Crippen molar-refractivity contribution < 1.29 is 13.2 Å². The summed E-state index contributed by atoms with van der Waals surface area (Å²) in [5.41, 5.74) is 2.13. The molecule has 1 unspecified atom stereocenters. The summed E-state index contributed by atoms with van der Waals surface area (Å²) < 4.78 is 34.3. The first-order valence-electron chi connectivity index (χ1n) is 8.58. The van der Waals surface area contributed by atoms with E-state index in [0.717, 1.165) is 23.1 Å². The molecule has 0 aliphatic carbocycles. The number of hydrogen-bond donors (Lipinski definition) is 1. The second-order valence-electron chi connectivity index (χ2n) is 6.48. The van der Waals surface area contributed by atoms with Crippen LogP contribution in [-0.4, -0.2) is 45.7 Å². The maximum atomic E-state index is 12.5. The Hall–Kier alpha value is -1.25. The number of halogens is 1. The zero-order valence-electron chi connectivity index (χ0n) is 14.7. The standard InChI is InChI=1S/C19H23BrN2O3S/c1-15-11-18(7-8-19(15)20)26(23,24)21-12-17-14-22(9-10-25-17)13-16-5-3-2-4-6-16/h2-8,11,17,21H,9-10,12-14H2,1H3. The Kier molecular flexibility index (Phi) is 6.47. The van der Waals surface area contributed by atoms with Gasteiger partial charge in [0.05, 0.1) is 17.6 Å². The number of nitrogens with one attached hydrogen (secondary N) is 1. The summed E-state index contributed by atoms with van der Waals surface area (Å²) in [6.45, 7) is 5.15. The highest BCUT2D eigenvalue weighted by Gasteiger charge is 2.23. The molecule has 1 aliphatic rings. The number of benzene rings is 2. The Morgan fingerprint density at radius 2 is 2.00 bits per heavy atom. The van der Waals surface area contributed by atoms with Crippen LogP contribution < -0.4 is 4.72 Å². The van der Waals surface area contributed by atoms with Gasteiger partial charge in [0.15, 0.2) is 0 Å². The smallest absolute Gasteiger partial charge is 0.240 e. The molecule has 26 heavy (non-hydrogen) atoms. The van der Waals surface area contributed by atoms with Gasteiger partial charge in [-0.15, -0.1) is 0 Å². The molecule has 1 saturated heterocycles. The maximum Gasteiger partial charge on any atom is 0.240 e. The quantitative estimate of drug-likeness (QED) is 0.752. The first kappa shape index (κ1) is 19.5. The molecule has 2 aromatic carbocycles. The molecule has 140 valence electrons. The Labute approximate surface area is 163 Å². The second-order valence-corrected chi connectivity index (χ2v) is 9.10. The summed E-state index contributed by atoms with van der Waals surface area (Å²) in [5.74, 6) is 0. The molecule has 2 aromatic rings. The van der Waals surface area contributed by atoms with E-state index in [1.54, 1.807) is 18.2 Å². The third kappa shape index (κ3) is 5.14. The van der Waals surface area contributed by atoms with Crippen LogP contribution in [0, 0.1) is 6.92 Å². The average molecular weight is 439 g/mol. The van der Waals surface area contributed by atoms with Crippen molar-refractivity contribution >= 4 is 26.0 Å². The van der Waals surface area contributed by atoms with Crippen LogP contribution in [0.5, 0.6) is 0 Å². The fourth-order valence-corrected chi connectivity index (χ4v) is 4.36. The molecule has 0 saturated carbocycles. The number of ether oxygens (including phenoxy) is 1. The van der Waals surface area contributed by atoms with Crippen molar-refractivity contribution in [3.8, 4) is 0 Å². The lowest BCUT2D eigenvalue weighted by Crippen LogP contribution is -2.47. The van der Waals surface area contributed by atoms with E-state index in [2.05, 4.69) is 37.7 Å². The minimum absolute atomic E-state index is 0.154. The van der Waals surface area contributed by atoms with Gasteiger partial charge in [0.2, 0.25) is 10.0 Å². The maximum absolute atomic E-state index is 12.5. The van der Waals surface area contributed by atoms with Crippen molar-refractivity contribution in [1.29, 1.82) is 0 Å². The summed E-state index contributed by atoms with van der Waals surface area (Å²) >= 11 is 3.39. The molecule has 1 aliphatic heterocycles. The Balaban J connectivity index is 1.57. The highest BCUT2D eigenvalue weighted by molar-refractivity contribution is 9.10. The van der Waals surface area contributed by atoms with E-state index in [9.17, 15) is 8.42 Å². The van der Waals surface area contributed by atoms with Crippen molar-refractivity contribution in [2.75, 3.05) is 26.2 Å². The lowest BCUT2D eigenvalue weighted by Gasteiger charge is -2.33. The lowest BCUT2D eigenvalue weighted by molar-refractivity contribution is -0.0276. The zero-order chi connectivity index (χ0) is 18.6. The number of hydrogen-bond acceptors (Lipinski definition) is 4. The van der Waals surface area contributed by atoms with Gasteiger partial charge in [-0.1, -0.05) is 46.3 Å². The monoisotopic (exact) mass is 438 g/mol. The van der Waals surface area contributed by atoms with Crippen LogP contribution in [0.2, 0.25) is 0 Å². The minimum Gasteiger partial charge on any atom is -0.374 e. The van der Waals surface area contributed by atoms with Gasteiger partial charge in [0.25, 0.3) is 0 Å². The van der Waals surface area contributed by atoms with Crippen LogP contribution in [0.3, 0.4) is 0 Å². The van der Waals surface area contributed by atoms with Crippen LogP contribution >= 0.6 is 15.9 Å². The minimum atomic E-state index is -3.54. The van der Waals surface area contributed by atoms with E-state index in [1.807, 2.05) is 25.1 Å². The molecule has 1 fully saturated rings. The van der Waals surface area contributed by atoms with Crippen LogP contribution in [0.4, 0.5) is 0 Å². The predicted molar refractivity (Wildman–Crippen MR) is 106 cm³/mol. The van der Waals surface area contributed by atoms with Gasteiger partial charge in [-0.25, -0.2) is 13.1 Å². The third-order valence-corrected chi connectivity index (χ3v) is 6.72. The summed E-state index contributed by atoms with van der Waals surface area (Å²) in [6.07, 6.45) is -0.154. The van der Waals surface area contributed by atoms with Crippen molar-refractivity contribution in [2.45, 2.75) is 24.5 Å². The summed E-state index contributed by atoms with van der Waals surface area (Å²) in [5, 5.41) is 0. The number of sulfonamides is 1. The predicted octanol–water partition coefficient (Wildman–Crippen LogP) is 2.94. The van der Waals surface area contributed by atoms with Crippen LogP contribution in [0.25, 0.3) is 0 Å². The number of morpholine rings is 1. The van der Waals surface area contributed by atoms with Crippen molar-refractivity contribution in [3.05, 3.63) is 64.1 Å². The van der Waals surface area contributed by atoms with Gasteiger partial charge in [0.1, 0.15) is 0 Å². The van der Waals surface area contributed by atoms with E-state index in [0.29, 0.717) is 13.2 Å². The molecule has 0 amide bonds. The fourth-order valence-electron chi connectivity index (χ4n) is 2.96. The summed E-state index contributed by atoms with van der Waals surface area (Å²) in [6, 6.07) is 15.3. The molecule has 0 spiro atoms. The van der Waals surface area contributed by atoms with Crippen molar-refractivity contribution in [3.63, 3.8) is 0 Å². The van der Waals surface area contributed by atoms with Crippen LogP contribution in [0.15, 0.2) is 57.9 Å². The SMILES string of the molecule is Cc1cc(S(=O)(=O)NCC2CN(Cc3ccccc3)CCO2)ccc1Br. The molecule has 7 heteroatoms. The van der Waals surface area contributed by atoms with E-state index in [1.165, 1.54) is 5.56 Å². The Morgan fingerprint density at radius 1 is 1.23 bits per heavy atom. The van der Waals surface area contributed by atoms with E-state index in [4.69, 9.17) is 4.74 Å². The third-order valence-electron chi connectivity index (χ3n) is 4.41. The van der Waals surface area contributed by atoms with Gasteiger partial charge >= 0.3 is 0 Å². The topological polar surface area (TPSA) is 58.6 Å². The number of nitrogens with zero attached hydrogens (tertiary/aromatic N) is 1. The van der Waals surface area contributed by atoms with Crippen LogP contribution in [-0.2, 0) is 21.3 Å². The average Bonchev–Trinajstić information content (AvgIpc) is 2.63. The highest BCUT2D eigenvalue weighted by Crippen LogP contribution is 2.20. The lowest BCUT2D eigenvalue weighted by atomic mass is 10.2. The van der Waals surface area contributed by atoms with Gasteiger partial charge in [-0.05, 0) is 36.2 Å². The Morgan fingerprint density at radius 3 is 2.73 bits per heavy atom. The van der Waals surface area contributed by atoms with Crippen LogP contribution in [0.1, 0.15) is 11.1 Å². The summed E-state index contributed by atoms with van der Waals surface area (Å²) in [7, 11) is -3.54. The van der Waals surface area contributed by atoms with Gasteiger partial charge in [0, 0.05) is 30.7 Å². The first-order valence-corrected chi connectivity index (χ1v) is 10.9. The molecule has 5 nitrogen and oxygen atoms in total. The Bertz CT molecular complexity index is 843. The van der Waals surface area contributed by atoms with E-state index >= 15 is 0 Å². The van der Waals surface area contributed by atoms with E-state index in [-0.39, 0.29) is 17.5 Å². The van der Waals surface area contributed by atoms with E-state index < -0.39 is 10.0 Å². The molecular weight excluding hydrogens is 416 g/mol. The molecule has 1 atom stereocenters.